The molecule has 0 spiro atoms. The summed E-state index contributed by atoms with van der Waals surface area (Å²) in [5.41, 5.74) is 0. The molecule has 0 radical (unpaired) electrons. The average Bonchev–Trinajstić information content (AvgIpc) is 2.00. The van der Waals surface area contributed by atoms with Crippen LogP contribution in [0.5, 0.6) is 0 Å². The summed E-state index contributed by atoms with van der Waals surface area (Å²) in [4.78, 5) is 10.7. The van der Waals surface area contributed by atoms with E-state index in [0.29, 0.717) is 0 Å². The molecule has 1 unspecified atom stereocenters. The molecule has 0 fully saturated rings. The molecule has 0 N–H and O–H groups in total. The summed E-state index contributed by atoms with van der Waals surface area (Å²) in [5, 5.41) is 0. The average molecular weight is 238 g/mol. The van der Waals surface area contributed by atoms with Gasteiger partial charge in [-0.1, -0.05) is 13.3 Å². The Bertz CT molecular complexity index is 239. The van der Waals surface area contributed by atoms with Gasteiger partial charge in [0.2, 0.25) is 0 Å². The number of phosphoric ester groups is 1. The van der Waals surface area contributed by atoms with Crippen LogP contribution in [-0.2, 0) is 22.9 Å². The summed E-state index contributed by atoms with van der Waals surface area (Å²) < 4.78 is 26.4. The van der Waals surface area contributed by atoms with Gasteiger partial charge in [0, 0.05) is 6.92 Å². The van der Waals surface area contributed by atoms with Gasteiger partial charge in [-0.3, -0.25) is 13.8 Å². The highest BCUT2D eigenvalue weighted by molar-refractivity contribution is 7.49. The highest BCUT2D eigenvalue weighted by Gasteiger charge is 2.30. The molecule has 0 aromatic carbocycles. The van der Waals surface area contributed by atoms with Crippen molar-refractivity contribution in [2.75, 3.05) is 6.61 Å². The van der Waals surface area contributed by atoms with Gasteiger partial charge in [0.05, 0.1) is 12.7 Å². The molecule has 6 heteroatoms. The van der Waals surface area contributed by atoms with Crippen LogP contribution in [0.15, 0.2) is 0 Å². The van der Waals surface area contributed by atoms with Gasteiger partial charge in [0.25, 0.3) is 0 Å². The van der Waals surface area contributed by atoms with Gasteiger partial charge < -0.3 is 4.52 Å². The maximum Gasteiger partial charge on any atom is 0.532 e. The molecule has 0 amide bonds. The maximum atomic E-state index is 11.8. The summed E-state index contributed by atoms with van der Waals surface area (Å²) in [5.74, 6) is -0.671. The maximum absolute atomic E-state index is 11.8. The minimum absolute atomic E-state index is 0.258. The van der Waals surface area contributed by atoms with E-state index in [-0.39, 0.29) is 12.7 Å². The fourth-order valence-corrected chi connectivity index (χ4v) is 2.16. The fourth-order valence-electron chi connectivity index (χ4n) is 0.815. The van der Waals surface area contributed by atoms with Crippen molar-refractivity contribution < 1.29 is 22.9 Å². The number of hydrogen-bond donors (Lipinski definition) is 0. The third-order valence-electron chi connectivity index (χ3n) is 1.33. The summed E-state index contributed by atoms with van der Waals surface area (Å²) in [6.07, 6.45) is 1.32. The van der Waals surface area contributed by atoms with E-state index in [1.807, 2.05) is 6.92 Å². The fraction of sp³-hybridized carbons (Fsp3) is 0.889. The van der Waals surface area contributed by atoms with Crippen LogP contribution in [0.3, 0.4) is 0 Å². The van der Waals surface area contributed by atoms with Crippen molar-refractivity contribution in [3.63, 3.8) is 0 Å². The first kappa shape index (κ1) is 14.6. The van der Waals surface area contributed by atoms with E-state index in [1.54, 1.807) is 13.8 Å². The number of phosphoric acid groups is 1. The minimum Gasteiger partial charge on any atom is -0.371 e. The lowest BCUT2D eigenvalue weighted by molar-refractivity contribution is -0.134. The van der Waals surface area contributed by atoms with Gasteiger partial charge in [0.15, 0.2) is 0 Å². The number of carbonyl (C=O) groups is 1. The number of hydrogen-bond acceptors (Lipinski definition) is 5. The lowest BCUT2D eigenvalue weighted by atomic mass is 10.4. The molecule has 0 aromatic rings. The lowest BCUT2D eigenvalue weighted by Gasteiger charge is -2.18. The SMILES string of the molecule is CCCCOP(=O)(OC(C)=O)OC(C)C. The molecule has 15 heavy (non-hydrogen) atoms. The molecular formula is C9H19O5P. The van der Waals surface area contributed by atoms with E-state index in [1.165, 1.54) is 6.92 Å². The third kappa shape index (κ3) is 7.54. The van der Waals surface area contributed by atoms with Crippen LogP contribution in [0.1, 0.15) is 40.5 Å². The zero-order valence-corrected chi connectivity index (χ0v) is 10.6. The highest BCUT2D eigenvalue weighted by atomic mass is 31.2. The first-order chi connectivity index (χ1) is 6.89. The molecule has 0 heterocycles. The largest absolute Gasteiger partial charge is 0.532 e. The smallest absolute Gasteiger partial charge is 0.371 e. The van der Waals surface area contributed by atoms with Gasteiger partial charge in [-0.25, -0.2) is 4.57 Å². The van der Waals surface area contributed by atoms with Crippen LogP contribution in [0.25, 0.3) is 0 Å². The second-order valence-electron chi connectivity index (χ2n) is 3.37. The Hall–Kier alpha value is -0.380. The van der Waals surface area contributed by atoms with Crippen molar-refractivity contribution in [1.29, 1.82) is 0 Å². The van der Waals surface area contributed by atoms with E-state index in [4.69, 9.17) is 9.05 Å². The first-order valence-corrected chi connectivity index (χ1v) is 6.49. The monoisotopic (exact) mass is 238 g/mol. The van der Waals surface area contributed by atoms with Gasteiger partial charge in [0.1, 0.15) is 0 Å². The molecule has 0 aliphatic carbocycles. The second-order valence-corrected chi connectivity index (χ2v) is 4.92. The van der Waals surface area contributed by atoms with Crippen molar-refractivity contribution in [2.24, 2.45) is 0 Å². The van der Waals surface area contributed by atoms with Crippen LogP contribution in [0.4, 0.5) is 0 Å². The van der Waals surface area contributed by atoms with E-state index < -0.39 is 13.8 Å². The van der Waals surface area contributed by atoms with E-state index in [9.17, 15) is 9.36 Å². The molecule has 90 valence electrons. The van der Waals surface area contributed by atoms with Crippen LogP contribution in [0.2, 0.25) is 0 Å². The Morgan fingerprint density at radius 2 is 2.00 bits per heavy atom. The zero-order valence-electron chi connectivity index (χ0n) is 9.69. The molecule has 0 saturated carbocycles. The van der Waals surface area contributed by atoms with Crippen LogP contribution < -0.4 is 0 Å². The van der Waals surface area contributed by atoms with Gasteiger partial charge >= 0.3 is 13.8 Å². The van der Waals surface area contributed by atoms with E-state index >= 15 is 0 Å². The van der Waals surface area contributed by atoms with E-state index in [2.05, 4.69) is 4.52 Å². The summed E-state index contributed by atoms with van der Waals surface area (Å²) >= 11 is 0. The normalized spacial score (nSPS) is 15.0. The molecule has 0 saturated heterocycles. The molecular weight excluding hydrogens is 219 g/mol. The van der Waals surface area contributed by atoms with Gasteiger partial charge in [-0.2, -0.15) is 0 Å². The number of rotatable bonds is 7. The van der Waals surface area contributed by atoms with E-state index in [0.717, 1.165) is 12.8 Å². The third-order valence-corrected chi connectivity index (χ3v) is 2.99. The molecule has 0 aliphatic heterocycles. The highest BCUT2D eigenvalue weighted by Crippen LogP contribution is 2.50. The van der Waals surface area contributed by atoms with Crippen LogP contribution in [0, 0.1) is 0 Å². The first-order valence-electron chi connectivity index (χ1n) is 5.02. The minimum atomic E-state index is -3.71. The molecule has 5 nitrogen and oxygen atoms in total. The summed E-state index contributed by atoms with van der Waals surface area (Å²) in [6, 6.07) is 0. The topological polar surface area (TPSA) is 61.8 Å². The Morgan fingerprint density at radius 3 is 2.40 bits per heavy atom. The summed E-state index contributed by atoms with van der Waals surface area (Å²) in [7, 11) is -3.71. The molecule has 0 aliphatic rings. The predicted octanol–water partition coefficient (Wildman–Crippen LogP) is 2.90. The molecule has 1 atom stereocenters. The van der Waals surface area contributed by atoms with Crippen molar-refractivity contribution in [3.05, 3.63) is 0 Å². The van der Waals surface area contributed by atoms with Crippen LogP contribution >= 0.6 is 7.82 Å². The predicted molar refractivity (Wildman–Crippen MR) is 56.5 cm³/mol. The van der Waals surface area contributed by atoms with Crippen molar-refractivity contribution in [3.8, 4) is 0 Å². The Morgan fingerprint density at radius 1 is 1.40 bits per heavy atom. The van der Waals surface area contributed by atoms with Crippen molar-refractivity contribution in [1.82, 2.24) is 0 Å². The summed E-state index contributed by atoms with van der Waals surface area (Å²) in [6.45, 7) is 6.79. The van der Waals surface area contributed by atoms with Crippen molar-refractivity contribution in [2.45, 2.75) is 46.6 Å². The second kappa shape index (κ2) is 6.99. The van der Waals surface area contributed by atoms with Gasteiger partial charge in [-0.15, -0.1) is 0 Å². The van der Waals surface area contributed by atoms with Gasteiger partial charge in [-0.05, 0) is 20.3 Å². The quantitative estimate of drug-likeness (QED) is 0.504. The zero-order chi connectivity index (χ0) is 11.9. The number of unbranched alkanes of at least 4 members (excludes halogenated alkanes) is 1. The van der Waals surface area contributed by atoms with Crippen LogP contribution in [-0.4, -0.2) is 18.7 Å². The Labute approximate surface area is 90.7 Å². The standard InChI is InChI=1S/C9H19O5P/c1-5-6-7-12-15(11,13-8(2)3)14-9(4)10/h8H,5-7H2,1-4H3. The Kier molecular flexibility index (Phi) is 6.81. The lowest BCUT2D eigenvalue weighted by Crippen LogP contribution is -2.09. The molecule has 0 rings (SSSR count). The Balaban J connectivity index is 4.27. The molecule has 0 aromatic heterocycles. The van der Waals surface area contributed by atoms with Crippen molar-refractivity contribution >= 4 is 13.8 Å². The molecule has 0 bridgehead atoms. The number of carbonyl (C=O) groups excluding carboxylic acids is 1.